The van der Waals surface area contributed by atoms with Gasteiger partial charge in [-0.1, -0.05) is 42.0 Å². The van der Waals surface area contributed by atoms with E-state index in [1.165, 1.54) is 22.3 Å². The molecular weight excluding hydrogens is 334 g/mol. The average molecular weight is 356 g/mol. The molecule has 0 aliphatic carbocycles. The average Bonchev–Trinajstić information content (AvgIpc) is 2.90. The van der Waals surface area contributed by atoms with Gasteiger partial charge in [0.15, 0.2) is 4.77 Å². The molecule has 0 spiro atoms. The Labute approximate surface area is 152 Å². The minimum Gasteiger partial charge on any atom is -0.271 e. The van der Waals surface area contributed by atoms with E-state index in [1.807, 2.05) is 11.8 Å². The van der Waals surface area contributed by atoms with Gasteiger partial charge >= 0.3 is 0 Å². The van der Waals surface area contributed by atoms with Gasteiger partial charge in [-0.3, -0.25) is 9.67 Å². The molecule has 1 aromatic heterocycles. The highest BCUT2D eigenvalue weighted by Crippen LogP contribution is 2.23. The van der Waals surface area contributed by atoms with Gasteiger partial charge in [-0.25, -0.2) is 0 Å². The Morgan fingerprint density at radius 3 is 2.58 bits per heavy atom. The number of aromatic amines is 1. The van der Waals surface area contributed by atoms with Gasteiger partial charge in [0.25, 0.3) is 0 Å². The maximum Gasteiger partial charge on any atom is 0.199 e. The van der Waals surface area contributed by atoms with Gasteiger partial charge in [0.2, 0.25) is 0 Å². The molecule has 0 atom stereocenters. The van der Waals surface area contributed by atoms with Crippen LogP contribution in [0.5, 0.6) is 0 Å². The summed E-state index contributed by atoms with van der Waals surface area (Å²) >= 11 is 7.30. The first-order valence-corrected chi connectivity index (χ1v) is 9.48. The number of hydrogen-bond acceptors (Lipinski definition) is 3. The van der Waals surface area contributed by atoms with Crippen LogP contribution in [0.3, 0.4) is 0 Å². The molecule has 0 aliphatic heterocycles. The van der Waals surface area contributed by atoms with Gasteiger partial charge in [0, 0.05) is 5.75 Å². The highest BCUT2D eigenvalue weighted by molar-refractivity contribution is 7.97. The number of thioether (sulfide) groups is 1. The molecule has 0 fully saturated rings. The third kappa shape index (κ3) is 3.62. The standard InChI is InChI=1S/C19H21N3S2/c1-13-8-9-17(15(3)10-13)22-18(20-21-19(22)23)12-24-11-16-7-5-4-6-14(16)2/h4-10H,11-12H2,1-3H3,(H,21,23). The summed E-state index contributed by atoms with van der Waals surface area (Å²) in [4.78, 5) is 0. The van der Waals surface area contributed by atoms with E-state index in [9.17, 15) is 0 Å². The van der Waals surface area contributed by atoms with Gasteiger partial charge in [0.05, 0.1) is 11.4 Å². The van der Waals surface area contributed by atoms with Crippen molar-refractivity contribution < 1.29 is 0 Å². The second-order valence-electron chi connectivity index (χ2n) is 5.99. The number of nitrogens with one attached hydrogen (secondary N) is 1. The minimum atomic E-state index is 0.647. The summed E-state index contributed by atoms with van der Waals surface area (Å²) in [6, 6.07) is 14.9. The molecule has 3 nitrogen and oxygen atoms in total. The van der Waals surface area contributed by atoms with Crippen LogP contribution in [-0.2, 0) is 11.5 Å². The third-order valence-electron chi connectivity index (χ3n) is 4.08. The Morgan fingerprint density at radius 1 is 1.04 bits per heavy atom. The Bertz CT molecular complexity index is 909. The van der Waals surface area contributed by atoms with E-state index in [2.05, 4.69) is 78.0 Å². The van der Waals surface area contributed by atoms with Crippen LogP contribution >= 0.6 is 24.0 Å². The summed E-state index contributed by atoms with van der Waals surface area (Å²) in [5.74, 6) is 2.75. The quantitative estimate of drug-likeness (QED) is 0.632. The molecule has 124 valence electrons. The van der Waals surface area contributed by atoms with Crippen LogP contribution < -0.4 is 0 Å². The Hall–Kier alpha value is -1.85. The first kappa shape index (κ1) is 17.0. The lowest BCUT2D eigenvalue weighted by molar-refractivity contribution is 0.939. The Balaban J connectivity index is 1.80. The van der Waals surface area contributed by atoms with E-state index in [1.54, 1.807) is 0 Å². The summed E-state index contributed by atoms with van der Waals surface area (Å²) in [5.41, 5.74) is 6.26. The molecule has 0 amide bonds. The molecule has 0 saturated carbocycles. The lowest BCUT2D eigenvalue weighted by atomic mass is 10.1. The summed E-state index contributed by atoms with van der Waals surface area (Å²) < 4.78 is 2.70. The highest BCUT2D eigenvalue weighted by Gasteiger charge is 2.11. The predicted molar refractivity (Wildman–Crippen MR) is 104 cm³/mol. The molecule has 24 heavy (non-hydrogen) atoms. The van der Waals surface area contributed by atoms with Crippen molar-refractivity contribution >= 4 is 24.0 Å². The Kier molecular flexibility index (Phi) is 5.21. The Morgan fingerprint density at radius 2 is 1.83 bits per heavy atom. The van der Waals surface area contributed by atoms with Crippen molar-refractivity contribution in [1.29, 1.82) is 0 Å². The molecule has 3 aromatic rings. The molecule has 1 heterocycles. The number of nitrogens with zero attached hydrogens (tertiary/aromatic N) is 2. The zero-order valence-electron chi connectivity index (χ0n) is 14.2. The fourth-order valence-corrected chi connectivity index (χ4v) is 4.03. The molecule has 0 radical (unpaired) electrons. The zero-order valence-corrected chi connectivity index (χ0v) is 15.8. The van der Waals surface area contributed by atoms with Crippen molar-refractivity contribution in [3.63, 3.8) is 0 Å². The number of hydrogen-bond donors (Lipinski definition) is 1. The van der Waals surface area contributed by atoms with Crippen molar-refractivity contribution in [3.8, 4) is 5.69 Å². The molecule has 5 heteroatoms. The largest absolute Gasteiger partial charge is 0.271 e. The molecule has 0 aliphatic rings. The first-order valence-electron chi connectivity index (χ1n) is 7.92. The van der Waals surface area contributed by atoms with Gasteiger partial charge < -0.3 is 0 Å². The monoisotopic (exact) mass is 355 g/mol. The van der Waals surface area contributed by atoms with E-state index >= 15 is 0 Å². The fraction of sp³-hybridized carbons (Fsp3) is 0.263. The van der Waals surface area contributed by atoms with Crippen molar-refractivity contribution in [1.82, 2.24) is 14.8 Å². The van der Waals surface area contributed by atoms with Crippen molar-refractivity contribution in [2.24, 2.45) is 0 Å². The predicted octanol–water partition coefficient (Wildman–Crippen LogP) is 5.29. The second kappa shape index (κ2) is 7.36. The number of H-pyrrole nitrogens is 1. The molecule has 1 N–H and O–H groups in total. The first-order chi connectivity index (χ1) is 11.6. The molecule has 2 aromatic carbocycles. The van der Waals surface area contributed by atoms with E-state index in [0.29, 0.717) is 4.77 Å². The van der Waals surface area contributed by atoms with Crippen LogP contribution in [-0.4, -0.2) is 14.8 Å². The van der Waals surface area contributed by atoms with E-state index in [4.69, 9.17) is 12.2 Å². The topological polar surface area (TPSA) is 33.6 Å². The maximum absolute atomic E-state index is 5.45. The molecule has 0 bridgehead atoms. The van der Waals surface area contributed by atoms with Crippen LogP contribution in [0, 0.1) is 25.5 Å². The lowest BCUT2D eigenvalue weighted by Crippen LogP contribution is -2.03. The van der Waals surface area contributed by atoms with Gasteiger partial charge in [-0.15, -0.1) is 11.8 Å². The van der Waals surface area contributed by atoms with Crippen molar-refractivity contribution in [3.05, 3.63) is 75.3 Å². The van der Waals surface area contributed by atoms with Crippen LogP contribution in [0.1, 0.15) is 28.1 Å². The number of aryl methyl sites for hydroxylation is 3. The molecule has 3 rings (SSSR count). The molecule has 0 saturated heterocycles. The van der Waals surface area contributed by atoms with E-state index in [-0.39, 0.29) is 0 Å². The smallest absolute Gasteiger partial charge is 0.199 e. The summed E-state index contributed by atoms with van der Waals surface area (Å²) in [6.45, 7) is 6.37. The summed E-state index contributed by atoms with van der Waals surface area (Å²) in [5, 5.41) is 7.37. The minimum absolute atomic E-state index is 0.647. The second-order valence-corrected chi connectivity index (χ2v) is 7.36. The zero-order chi connectivity index (χ0) is 17.1. The number of rotatable bonds is 5. The number of aromatic nitrogens is 3. The SMILES string of the molecule is Cc1ccc(-n2c(CSCc3ccccc3C)n[nH]c2=S)c(C)c1. The molecule has 0 unspecified atom stereocenters. The number of benzene rings is 2. The van der Waals surface area contributed by atoms with Crippen molar-refractivity contribution in [2.45, 2.75) is 32.3 Å². The summed E-state index contributed by atoms with van der Waals surface area (Å²) in [6.07, 6.45) is 0. The third-order valence-corrected chi connectivity index (χ3v) is 5.34. The van der Waals surface area contributed by atoms with E-state index in [0.717, 1.165) is 23.0 Å². The summed E-state index contributed by atoms with van der Waals surface area (Å²) in [7, 11) is 0. The maximum atomic E-state index is 5.45. The molecular formula is C19H21N3S2. The normalized spacial score (nSPS) is 11.0. The van der Waals surface area contributed by atoms with Crippen LogP contribution in [0.15, 0.2) is 42.5 Å². The van der Waals surface area contributed by atoms with Crippen LogP contribution in [0.4, 0.5) is 0 Å². The van der Waals surface area contributed by atoms with Crippen LogP contribution in [0.25, 0.3) is 5.69 Å². The van der Waals surface area contributed by atoms with Gasteiger partial charge in [-0.05, 0) is 55.7 Å². The lowest BCUT2D eigenvalue weighted by Gasteiger charge is -2.11. The highest BCUT2D eigenvalue weighted by atomic mass is 32.2. The van der Waals surface area contributed by atoms with Crippen LogP contribution in [0.2, 0.25) is 0 Å². The van der Waals surface area contributed by atoms with Gasteiger partial charge in [0.1, 0.15) is 5.82 Å². The van der Waals surface area contributed by atoms with Crippen molar-refractivity contribution in [2.75, 3.05) is 0 Å². The van der Waals surface area contributed by atoms with Gasteiger partial charge in [-0.2, -0.15) is 5.10 Å². The van der Waals surface area contributed by atoms with E-state index < -0.39 is 0 Å². The fourth-order valence-electron chi connectivity index (χ4n) is 2.76.